The number of pyridine rings is 1. The van der Waals surface area contributed by atoms with Gasteiger partial charge in [0.1, 0.15) is 11.6 Å². The number of hydrogen-bond donors (Lipinski definition) is 0. The summed E-state index contributed by atoms with van der Waals surface area (Å²) in [6.07, 6.45) is 0. The Balaban J connectivity index is 2.14. The average molecular weight is 345 g/mol. The normalized spacial score (nSPS) is 10.8. The topological polar surface area (TPSA) is 16.1 Å². The second-order valence-electron chi connectivity index (χ2n) is 4.84. The van der Waals surface area contributed by atoms with Crippen LogP contribution in [0.4, 0.5) is 15.9 Å². The lowest BCUT2D eigenvalue weighted by Crippen LogP contribution is -2.13. The van der Waals surface area contributed by atoms with E-state index >= 15 is 0 Å². The fourth-order valence-corrected chi connectivity index (χ4v) is 2.76. The molecule has 0 aliphatic carbocycles. The molecule has 2 nitrogen and oxygen atoms in total. The lowest BCUT2D eigenvalue weighted by Gasteiger charge is -2.21. The summed E-state index contributed by atoms with van der Waals surface area (Å²) in [4.78, 5) is 6.63. The van der Waals surface area contributed by atoms with Crippen molar-refractivity contribution < 1.29 is 4.39 Å². The van der Waals surface area contributed by atoms with Crippen LogP contribution in [0.2, 0.25) is 0 Å². The van der Waals surface area contributed by atoms with Crippen molar-refractivity contribution in [1.29, 1.82) is 0 Å². The third kappa shape index (κ3) is 2.76. The minimum Gasteiger partial charge on any atom is -0.329 e. The molecule has 0 atom stereocenters. The fraction of sp³-hybridized carbons (Fsp3) is 0.118. The Morgan fingerprint density at radius 3 is 2.67 bits per heavy atom. The van der Waals surface area contributed by atoms with Gasteiger partial charge < -0.3 is 4.90 Å². The predicted octanol–water partition coefficient (Wildman–Crippen LogP) is 5.04. The molecular weight excluding hydrogens is 331 g/mol. The second kappa shape index (κ2) is 5.82. The number of halogens is 2. The molecule has 1 heterocycles. The molecule has 3 aromatic rings. The number of hydrogen-bond acceptors (Lipinski definition) is 2. The maximum atomic E-state index is 13.4. The molecule has 106 valence electrons. The van der Waals surface area contributed by atoms with Gasteiger partial charge in [-0.1, -0.05) is 40.2 Å². The predicted molar refractivity (Wildman–Crippen MR) is 88.8 cm³/mol. The third-order valence-corrected chi connectivity index (χ3v) is 4.04. The van der Waals surface area contributed by atoms with Crippen LogP contribution in [0.25, 0.3) is 10.9 Å². The Labute approximate surface area is 131 Å². The zero-order valence-electron chi connectivity index (χ0n) is 11.6. The van der Waals surface area contributed by atoms with Gasteiger partial charge in [0.15, 0.2) is 0 Å². The Morgan fingerprint density at radius 2 is 1.90 bits per heavy atom. The first-order valence-corrected chi connectivity index (χ1v) is 7.75. The fourth-order valence-electron chi connectivity index (χ4n) is 2.35. The molecular formula is C17H14BrFN2. The molecule has 0 radical (unpaired) electrons. The number of anilines is 2. The molecule has 0 fully saturated rings. The van der Waals surface area contributed by atoms with Gasteiger partial charge >= 0.3 is 0 Å². The van der Waals surface area contributed by atoms with Crippen LogP contribution in [0.5, 0.6) is 0 Å². The van der Waals surface area contributed by atoms with Gasteiger partial charge in [0.25, 0.3) is 0 Å². The molecule has 0 saturated carbocycles. The van der Waals surface area contributed by atoms with E-state index in [1.54, 1.807) is 6.07 Å². The molecule has 4 heteroatoms. The van der Waals surface area contributed by atoms with Gasteiger partial charge in [-0.15, -0.1) is 0 Å². The summed E-state index contributed by atoms with van der Waals surface area (Å²) in [7, 11) is 1.90. The first-order chi connectivity index (χ1) is 10.2. The molecule has 0 unspecified atom stereocenters. The van der Waals surface area contributed by atoms with E-state index in [2.05, 4.69) is 22.0 Å². The Kier molecular flexibility index (Phi) is 3.88. The van der Waals surface area contributed by atoms with E-state index in [-0.39, 0.29) is 5.82 Å². The first-order valence-electron chi connectivity index (χ1n) is 6.63. The monoisotopic (exact) mass is 344 g/mol. The molecule has 0 aliphatic heterocycles. The number of nitrogens with zero attached hydrogens (tertiary/aromatic N) is 2. The number of benzene rings is 2. The molecule has 0 saturated heterocycles. The Morgan fingerprint density at radius 1 is 1.10 bits per heavy atom. The lowest BCUT2D eigenvalue weighted by molar-refractivity contribution is 0.628. The summed E-state index contributed by atoms with van der Waals surface area (Å²) in [5.41, 5.74) is 2.78. The molecule has 1 aromatic heterocycles. The van der Waals surface area contributed by atoms with Crippen LogP contribution in [-0.2, 0) is 5.33 Å². The summed E-state index contributed by atoms with van der Waals surface area (Å²) >= 11 is 3.51. The van der Waals surface area contributed by atoms with E-state index in [4.69, 9.17) is 4.98 Å². The van der Waals surface area contributed by atoms with Gasteiger partial charge in [-0.2, -0.15) is 0 Å². The molecule has 0 amide bonds. The van der Waals surface area contributed by atoms with E-state index in [9.17, 15) is 4.39 Å². The zero-order chi connectivity index (χ0) is 14.8. The minimum absolute atomic E-state index is 0.250. The maximum absolute atomic E-state index is 13.4. The largest absolute Gasteiger partial charge is 0.329 e. The molecule has 21 heavy (non-hydrogen) atoms. The second-order valence-corrected chi connectivity index (χ2v) is 5.40. The third-order valence-electron chi connectivity index (χ3n) is 3.44. The number of alkyl halides is 1. The average Bonchev–Trinajstić information content (AvgIpc) is 2.53. The molecule has 3 rings (SSSR count). The van der Waals surface area contributed by atoms with Crippen molar-refractivity contribution in [3.05, 3.63) is 66.0 Å². The zero-order valence-corrected chi connectivity index (χ0v) is 13.1. The van der Waals surface area contributed by atoms with Crippen molar-refractivity contribution >= 4 is 38.3 Å². The van der Waals surface area contributed by atoms with Crippen LogP contribution in [0.15, 0.2) is 54.6 Å². The van der Waals surface area contributed by atoms with Crippen LogP contribution in [0.1, 0.15) is 5.56 Å². The summed E-state index contributed by atoms with van der Waals surface area (Å²) < 4.78 is 13.4. The SMILES string of the molecule is CN(c1cccc(F)c1)c1nc2ccccc2cc1CBr. The summed E-state index contributed by atoms with van der Waals surface area (Å²) in [6, 6.07) is 16.6. The minimum atomic E-state index is -0.250. The summed E-state index contributed by atoms with van der Waals surface area (Å²) in [6.45, 7) is 0. The van der Waals surface area contributed by atoms with Crippen LogP contribution >= 0.6 is 15.9 Å². The standard InChI is InChI=1S/C17H14BrFN2/c1-21(15-7-4-6-14(19)10-15)17-13(11-18)9-12-5-2-3-8-16(12)20-17/h2-10H,11H2,1H3. The van der Waals surface area contributed by atoms with Crippen molar-refractivity contribution in [3.8, 4) is 0 Å². The van der Waals surface area contributed by atoms with Crippen molar-refractivity contribution in [1.82, 2.24) is 4.98 Å². The highest BCUT2D eigenvalue weighted by molar-refractivity contribution is 9.08. The van der Waals surface area contributed by atoms with E-state index in [1.807, 2.05) is 42.3 Å². The van der Waals surface area contributed by atoms with Crippen LogP contribution in [-0.4, -0.2) is 12.0 Å². The van der Waals surface area contributed by atoms with E-state index < -0.39 is 0 Å². The maximum Gasteiger partial charge on any atom is 0.137 e. The van der Waals surface area contributed by atoms with Crippen molar-refractivity contribution in [2.75, 3.05) is 11.9 Å². The van der Waals surface area contributed by atoms with Gasteiger partial charge in [0, 0.05) is 29.0 Å². The van der Waals surface area contributed by atoms with Crippen LogP contribution < -0.4 is 4.90 Å². The number of aromatic nitrogens is 1. The van der Waals surface area contributed by atoms with Crippen molar-refractivity contribution in [2.24, 2.45) is 0 Å². The van der Waals surface area contributed by atoms with Gasteiger partial charge in [-0.25, -0.2) is 9.37 Å². The van der Waals surface area contributed by atoms with Crippen LogP contribution in [0.3, 0.4) is 0 Å². The van der Waals surface area contributed by atoms with E-state index in [0.717, 1.165) is 28.0 Å². The van der Waals surface area contributed by atoms with E-state index in [1.165, 1.54) is 12.1 Å². The number of fused-ring (bicyclic) bond motifs is 1. The van der Waals surface area contributed by atoms with Crippen LogP contribution in [0, 0.1) is 5.82 Å². The smallest absolute Gasteiger partial charge is 0.137 e. The highest BCUT2D eigenvalue weighted by Crippen LogP contribution is 2.29. The lowest BCUT2D eigenvalue weighted by atomic mass is 10.1. The molecule has 2 aromatic carbocycles. The Hall–Kier alpha value is -1.94. The Bertz CT molecular complexity index is 789. The number of para-hydroxylation sites is 1. The van der Waals surface area contributed by atoms with Crippen molar-refractivity contribution in [2.45, 2.75) is 5.33 Å². The van der Waals surface area contributed by atoms with Gasteiger partial charge in [0.05, 0.1) is 5.52 Å². The first kappa shape index (κ1) is 14.0. The molecule has 0 aliphatic rings. The van der Waals surface area contributed by atoms with Gasteiger partial charge in [-0.3, -0.25) is 0 Å². The molecule has 0 N–H and O–H groups in total. The number of rotatable bonds is 3. The molecule has 0 spiro atoms. The van der Waals surface area contributed by atoms with Gasteiger partial charge in [-0.05, 0) is 30.3 Å². The van der Waals surface area contributed by atoms with E-state index in [0.29, 0.717) is 5.33 Å². The summed E-state index contributed by atoms with van der Waals surface area (Å²) in [5, 5.41) is 1.79. The van der Waals surface area contributed by atoms with Gasteiger partial charge in [0.2, 0.25) is 0 Å². The highest BCUT2D eigenvalue weighted by Gasteiger charge is 2.12. The van der Waals surface area contributed by atoms with Crippen molar-refractivity contribution in [3.63, 3.8) is 0 Å². The quantitative estimate of drug-likeness (QED) is 0.619. The summed E-state index contributed by atoms with van der Waals surface area (Å²) in [5.74, 6) is 0.580. The highest BCUT2D eigenvalue weighted by atomic mass is 79.9. The molecule has 0 bridgehead atoms.